The van der Waals surface area contributed by atoms with Crippen LogP contribution in [0.15, 0.2) is 30.3 Å². The third-order valence-electron chi connectivity index (χ3n) is 4.37. The number of ether oxygens (including phenoxy) is 2. The molecule has 1 atom stereocenters. The number of methoxy groups -OCH3 is 2. The molecular formula is C18H19Cl2NO2. The zero-order chi connectivity index (χ0) is 16.6. The Morgan fingerprint density at radius 1 is 1.00 bits per heavy atom. The molecular weight excluding hydrogens is 333 g/mol. The Morgan fingerprint density at radius 3 is 2.35 bits per heavy atom. The maximum atomic E-state index is 6.46. The van der Waals surface area contributed by atoms with E-state index in [1.807, 2.05) is 12.1 Å². The molecule has 0 aliphatic carbocycles. The zero-order valence-electron chi connectivity index (χ0n) is 13.4. The van der Waals surface area contributed by atoms with Crippen molar-refractivity contribution in [2.75, 3.05) is 27.8 Å². The zero-order valence-corrected chi connectivity index (χ0v) is 14.9. The third kappa shape index (κ3) is 3.01. The van der Waals surface area contributed by atoms with Crippen LogP contribution in [0.25, 0.3) is 0 Å². The van der Waals surface area contributed by atoms with Crippen LogP contribution in [0.4, 0.5) is 0 Å². The second-order valence-corrected chi connectivity index (χ2v) is 6.55. The number of halogens is 2. The van der Waals surface area contributed by atoms with Gasteiger partial charge in [0.15, 0.2) is 11.5 Å². The number of likely N-dealkylation sites (N-methyl/N-ethyl adjacent to an activating group) is 1. The van der Waals surface area contributed by atoms with Crippen LogP contribution in [-0.2, 0) is 6.42 Å². The molecule has 0 saturated heterocycles. The number of hydrogen-bond donors (Lipinski definition) is 0. The number of rotatable bonds is 3. The number of benzene rings is 2. The summed E-state index contributed by atoms with van der Waals surface area (Å²) in [4.78, 5) is 2.30. The number of hydrogen-bond acceptors (Lipinski definition) is 3. The van der Waals surface area contributed by atoms with Gasteiger partial charge in [0.05, 0.1) is 20.3 Å². The Bertz CT molecular complexity index is 733. The quantitative estimate of drug-likeness (QED) is 0.807. The smallest absolute Gasteiger partial charge is 0.161 e. The molecule has 0 unspecified atom stereocenters. The van der Waals surface area contributed by atoms with Gasteiger partial charge in [-0.1, -0.05) is 29.3 Å². The Balaban J connectivity index is 2.16. The molecule has 122 valence electrons. The molecule has 0 fully saturated rings. The van der Waals surface area contributed by atoms with Gasteiger partial charge in [0.25, 0.3) is 0 Å². The molecule has 0 amide bonds. The van der Waals surface area contributed by atoms with Gasteiger partial charge in [-0.05, 0) is 54.4 Å². The Hall–Kier alpha value is -1.42. The average Bonchev–Trinajstić information content (AvgIpc) is 2.54. The second kappa shape index (κ2) is 6.60. The Kier molecular flexibility index (Phi) is 4.72. The summed E-state index contributed by atoms with van der Waals surface area (Å²) in [6.45, 7) is 0.951. The number of fused-ring (bicyclic) bond motifs is 1. The highest BCUT2D eigenvalue weighted by molar-refractivity contribution is 6.35. The molecule has 3 nitrogen and oxygen atoms in total. The lowest BCUT2D eigenvalue weighted by molar-refractivity contribution is 0.262. The molecule has 3 rings (SSSR count). The topological polar surface area (TPSA) is 21.7 Å². The van der Waals surface area contributed by atoms with Crippen molar-refractivity contribution in [2.45, 2.75) is 12.5 Å². The van der Waals surface area contributed by atoms with E-state index in [2.05, 4.69) is 24.1 Å². The summed E-state index contributed by atoms with van der Waals surface area (Å²) in [7, 11) is 5.42. The molecule has 0 N–H and O–H groups in total. The van der Waals surface area contributed by atoms with Crippen molar-refractivity contribution in [2.24, 2.45) is 0 Å². The predicted octanol–water partition coefficient (Wildman–Crippen LogP) is 4.59. The van der Waals surface area contributed by atoms with Gasteiger partial charge in [0, 0.05) is 16.6 Å². The predicted molar refractivity (Wildman–Crippen MR) is 94.2 cm³/mol. The first-order valence-electron chi connectivity index (χ1n) is 7.45. The van der Waals surface area contributed by atoms with Crippen LogP contribution < -0.4 is 9.47 Å². The molecule has 23 heavy (non-hydrogen) atoms. The van der Waals surface area contributed by atoms with Crippen molar-refractivity contribution in [1.82, 2.24) is 4.90 Å². The van der Waals surface area contributed by atoms with Crippen LogP contribution in [0.1, 0.15) is 22.7 Å². The van der Waals surface area contributed by atoms with E-state index in [1.165, 1.54) is 11.1 Å². The van der Waals surface area contributed by atoms with Gasteiger partial charge in [-0.15, -0.1) is 0 Å². The molecule has 1 heterocycles. The first kappa shape index (κ1) is 16.4. The van der Waals surface area contributed by atoms with Crippen molar-refractivity contribution < 1.29 is 9.47 Å². The molecule has 1 aliphatic heterocycles. The van der Waals surface area contributed by atoms with E-state index in [0.717, 1.165) is 30.0 Å². The summed E-state index contributed by atoms with van der Waals surface area (Å²) in [5.41, 5.74) is 3.50. The molecule has 0 radical (unpaired) electrons. The van der Waals surface area contributed by atoms with Gasteiger partial charge < -0.3 is 9.47 Å². The summed E-state index contributed by atoms with van der Waals surface area (Å²) in [6.07, 6.45) is 0.966. The standard InChI is InChI=1S/C18H19Cl2NO2/c1-21-7-6-11-8-16(22-2)17(23-3)10-14(11)18(21)13-5-4-12(19)9-15(13)20/h4-5,8-10,18H,6-7H2,1-3H3/t18-/m0/s1. The SMILES string of the molecule is COc1cc2c(cc1OC)[C@H](c1ccc(Cl)cc1Cl)N(C)CC2. The summed E-state index contributed by atoms with van der Waals surface area (Å²) in [5.74, 6) is 1.49. The first-order chi connectivity index (χ1) is 11.0. The normalized spacial score (nSPS) is 17.7. The summed E-state index contributed by atoms with van der Waals surface area (Å²) in [5, 5.41) is 1.32. The lowest BCUT2D eigenvalue weighted by Gasteiger charge is -2.36. The van der Waals surface area contributed by atoms with Gasteiger partial charge in [-0.25, -0.2) is 0 Å². The molecule has 2 aromatic rings. The van der Waals surface area contributed by atoms with E-state index in [-0.39, 0.29) is 6.04 Å². The van der Waals surface area contributed by atoms with E-state index in [1.54, 1.807) is 20.3 Å². The van der Waals surface area contributed by atoms with E-state index >= 15 is 0 Å². The van der Waals surface area contributed by atoms with Crippen LogP contribution in [0.3, 0.4) is 0 Å². The van der Waals surface area contributed by atoms with Gasteiger partial charge in [0.1, 0.15) is 0 Å². The van der Waals surface area contributed by atoms with Crippen molar-refractivity contribution in [3.8, 4) is 11.5 Å². The molecule has 0 saturated carbocycles. The fraction of sp³-hybridized carbons (Fsp3) is 0.333. The Morgan fingerprint density at radius 2 is 1.70 bits per heavy atom. The van der Waals surface area contributed by atoms with E-state index < -0.39 is 0 Å². The van der Waals surface area contributed by atoms with Gasteiger partial charge in [0.2, 0.25) is 0 Å². The minimum absolute atomic E-state index is 0.0725. The monoisotopic (exact) mass is 351 g/mol. The third-order valence-corrected chi connectivity index (χ3v) is 4.93. The highest BCUT2D eigenvalue weighted by Gasteiger charge is 2.29. The fourth-order valence-corrected chi connectivity index (χ4v) is 3.71. The van der Waals surface area contributed by atoms with Crippen LogP contribution in [0.5, 0.6) is 11.5 Å². The molecule has 5 heteroatoms. The van der Waals surface area contributed by atoms with Gasteiger partial charge in [-0.3, -0.25) is 4.90 Å². The average molecular weight is 352 g/mol. The lowest BCUT2D eigenvalue weighted by Crippen LogP contribution is -2.33. The minimum Gasteiger partial charge on any atom is -0.493 e. The minimum atomic E-state index is 0.0725. The van der Waals surface area contributed by atoms with Crippen molar-refractivity contribution in [3.63, 3.8) is 0 Å². The molecule has 0 bridgehead atoms. The van der Waals surface area contributed by atoms with Crippen molar-refractivity contribution in [3.05, 3.63) is 57.1 Å². The van der Waals surface area contributed by atoms with E-state index in [4.69, 9.17) is 32.7 Å². The van der Waals surface area contributed by atoms with Gasteiger partial charge in [-0.2, -0.15) is 0 Å². The highest BCUT2D eigenvalue weighted by Crippen LogP contribution is 2.42. The summed E-state index contributed by atoms with van der Waals surface area (Å²) in [6, 6.07) is 9.87. The van der Waals surface area contributed by atoms with Crippen LogP contribution in [-0.4, -0.2) is 32.7 Å². The second-order valence-electron chi connectivity index (χ2n) is 5.70. The molecule has 1 aliphatic rings. The largest absolute Gasteiger partial charge is 0.493 e. The summed E-state index contributed by atoms with van der Waals surface area (Å²) < 4.78 is 10.9. The maximum absolute atomic E-state index is 6.46. The molecule has 0 aromatic heterocycles. The molecule has 0 spiro atoms. The van der Waals surface area contributed by atoms with Crippen molar-refractivity contribution >= 4 is 23.2 Å². The first-order valence-corrected chi connectivity index (χ1v) is 8.20. The van der Waals surface area contributed by atoms with Gasteiger partial charge >= 0.3 is 0 Å². The fourth-order valence-electron chi connectivity index (χ4n) is 3.20. The van der Waals surface area contributed by atoms with E-state index in [0.29, 0.717) is 10.0 Å². The summed E-state index contributed by atoms with van der Waals surface area (Å²) >= 11 is 12.5. The lowest BCUT2D eigenvalue weighted by atomic mass is 9.88. The maximum Gasteiger partial charge on any atom is 0.161 e. The van der Waals surface area contributed by atoms with Crippen molar-refractivity contribution in [1.29, 1.82) is 0 Å². The number of nitrogens with zero attached hydrogens (tertiary/aromatic N) is 1. The molecule has 2 aromatic carbocycles. The van der Waals surface area contributed by atoms with Crippen LogP contribution in [0.2, 0.25) is 10.0 Å². The Labute approximate surface area is 146 Å². The highest BCUT2D eigenvalue weighted by atomic mass is 35.5. The van der Waals surface area contributed by atoms with Crippen LogP contribution in [0, 0.1) is 0 Å². The van der Waals surface area contributed by atoms with E-state index in [9.17, 15) is 0 Å². The van der Waals surface area contributed by atoms with Crippen LogP contribution >= 0.6 is 23.2 Å².